The maximum Gasteiger partial charge on any atom is -0.0417 e. The third-order valence-corrected chi connectivity index (χ3v) is 5.51. The molecule has 0 rings (SSSR count). The second-order valence-electron chi connectivity index (χ2n) is 7.80. The average Bonchev–Trinajstić information content (AvgIpc) is 2.57. The summed E-state index contributed by atoms with van der Waals surface area (Å²) in [6.45, 7) is 7.00. The van der Waals surface area contributed by atoms with Gasteiger partial charge in [-0.3, -0.25) is 0 Å². The van der Waals surface area contributed by atoms with Crippen molar-refractivity contribution >= 4 is 0 Å². The van der Waals surface area contributed by atoms with Gasteiger partial charge in [0.25, 0.3) is 0 Å². The van der Waals surface area contributed by atoms with Crippen molar-refractivity contribution in [2.24, 2.45) is 5.92 Å². The van der Waals surface area contributed by atoms with E-state index in [9.17, 15) is 0 Å². The lowest BCUT2D eigenvalue weighted by Crippen LogP contribution is -1.98. The summed E-state index contributed by atoms with van der Waals surface area (Å²) >= 11 is 0. The molecular weight excluding hydrogens is 276 g/mol. The highest BCUT2D eigenvalue weighted by Crippen LogP contribution is 2.20. The molecule has 0 nitrogen and oxygen atoms in total. The summed E-state index contributed by atoms with van der Waals surface area (Å²) in [6, 6.07) is 0. The smallest absolute Gasteiger partial charge is 0.0417 e. The van der Waals surface area contributed by atoms with Gasteiger partial charge in [0.15, 0.2) is 0 Å². The lowest BCUT2D eigenvalue weighted by atomic mass is 9.93. The van der Waals surface area contributed by atoms with Crippen LogP contribution in [0.15, 0.2) is 0 Å². The van der Waals surface area contributed by atoms with Crippen LogP contribution in [0.5, 0.6) is 0 Å². The Morgan fingerprint density at radius 2 is 0.739 bits per heavy atom. The molecule has 0 fully saturated rings. The van der Waals surface area contributed by atoms with Crippen LogP contribution in [-0.2, 0) is 0 Å². The Bertz CT molecular complexity index is 196. The summed E-state index contributed by atoms with van der Waals surface area (Å²) in [7, 11) is 0. The topological polar surface area (TPSA) is 0 Å². The SMILES string of the molecule is CCCCCCCCCCCCCCCCC(CC)CCCC. The molecule has 0 aliphatic heterocycles. The highest BCUT2D eigenvalue weighted by atomic mass is 14.1. The van der Waals surface area contributed by atoms with Gasteiger partial charge in [0.05, 0.1) is 0 Å². The maximum absolute atomic E-state index is 2.38. The second kappa shape index (κ2) is 20.0. The molecule has 0 saturated heterocycles. The highest BCUT2D eigenvalue weighted by Gasteiger charge is 2.04. The minimum Gasteiger partial charge on any atom is -0.0654 e. The van der Waals surface area contributed by atoms with Crippen LogP contribution in [0.1, 0.15) is 143 Å². The summed E-state index contributed by atoms with van der Waals surface area (Å²) in [5.74, 6) is 1.02. The fourth-order valence-corrected chi connectivity index (χ4v) is 3.67. The second-order valence-corrected chi connectivity index (χ2v) is 7.80. The molecule has 0 aromatic carbocycles. The Labute approximate surface area is 149 Å². The summed E-state index contributed by atoms with van der Waals surface area (Å²) in [5, 5.41) is 0. The molecule has 0 aliphatic carbocycles. The first-order chi connectivity index (χ1) is 11.3. The van der Waals surface area contributed by atoms with Gasteiger partial charge in [-0.15, -0.1) is 0 Å². The van der Waals surface area contributed by atoms with E-state index in [0.29, 0.717) is 0 Å². The van der Waals surface area contributed by atoms with Crippen LogP contribution >= 0.6 is 0 Å². The van der Waals surface area contributed by atoms with Crippen molar-refractivity contribution in [2.75, 3.05) is 0 Å². The minimum absolute atomic E-state index is 1.02. The Hall–Kier alpha value is 0. The van der Waals surface area contributed by atoms with Gasteiger partial charge >= 0.3 is 0 Å². The van der Waals surface area contributed by atoms with Crippen LogP contribution in [0.4, 0.5) is 0 Å². The lowest BCUT2D eigenvalue weighted by molar-refractivity contribution is 0.399. The fourth-order valence-electron chi connectivity index (χ4n) is 3.67. The van der Waals surface area contributed by atoms with E-state index in [1.807, 2.05) is 0 Å². The van der Waals surface area contributed by atoms with Crippen molar-refractivity contribution < 1.29 is 0 Å². The molecule has 140 valence electrons. The molecule has 0 aliphatic rings. The van der Waals surface area contributed by atoms with Gasteiger partial charge in [0.2, 0.25) is 0 Å². The van der Waals surface area contributed by atoms with Gasteiger partial charge in [0.1, 0.15) is 0 Å². The molecule has 0 aromatic rings. The predicted octanol–water partition coefficient (Wildman–Crippen LogP) is 9.07. The largest absolute Gasteiger partial charge is 0.0654 e. The minimum atomic E-state index is 1.02. The van der Waals surface area contributed by atoms with Gasteiger partial charge in [-0.2, -0.15) is 0 Å². The van der Waals surface area contributed by atoms with Crippen molar-refractivity contribution in [1.82, 2.24) is 0 Å². The first-order valence-electron chi connectivity index (χ1n) is 11.3. The number of hydrogen-bond acceptors (Lipinski definition) is 0. The quantitative estimate of drug-likeness (QED) is 0.208. The van der Waals surface area contributed by atoms with Gasteiger partial charge in [-0.05, 0) is 5.92 Å². The summed E-state index contributed by atoms with van der Waals surface area (Å²) in [5.41, 5.74) is 0. The molecular formula is C23H48. The van der Waals surface area contributed by atoms with Crippen molar-refractivity contribution in [2.45, 2.75) is 143 Å². The Morgan fingerprint density at radius 1 is 0.391 bits per heavy atom. The zero-order valence-electron chi connectivity index (χ0n) is 17.0. The van der Waals surface area contributed by atoms with E-state index in [1.54, 1.807) is 0 Å². The Kier molecular flexibility index (Phi) is 20.0. The van der Waals surface area contributed by atoms with E-state index < -0.39 is 0 Å². The van der Waals surface area contributed by atoms with Gasteiger partial charge < -0.3 is 0 Å². The number of rotatable bonds is 19. The van der Waals surface area contributed by atoms with Crippen LogP contribution in [0.25, 0.3) is 0 Å². The van der Waals surface area contributed by atoms with E-state index in [-0.39, 0.29) is 0 Å². The summed E-state index contributed by atoms with van der Waals surface area (Å²) in [4.78, 5) is 0. The zero-order valence-corrected chi connectivity index (χ0v) is 17.0. The molecule has 0 bridgehead atoms. The first-order valence-corrected chi connectivity index (χ1v) is 11.3. The van der Waals surface area contributed by atoms with Crippen molar-refractivity contribution in [3.63, 3.8) is 0 Å². The van der Waals surface area contributed by atoms with E-state index >= 15 is 0 Å². The molecule has 0 aromatic heterocycles. The number of unbranched alkanes of at least 4 members (excludes halogenated alkanes) is 14. The Balaban J connectivity index is 3.12. The zero-order chi connectivity index (χ0) is 17.0. The molecule has 23 heavy (non-hydrogen) atoms. The molecule has 1 unspecified atom stereocenters. The third-order valence-electron chi connectivity index (χ3n) is 5.51. The Morgan fingerprint density at radius 3 is 1.13 bits per heavy atom. The van der Waals surface area contributed by atoms with Gasteiger partial charge in [-0.25, -0.2) is 0 Å². The van der Waals surface area contributed by atoms with Crippen molar-refractivity contribution in [3.8, 4) is 0 Å². The normalized spacial score (nSPS) is 12.7. The van der Waals surface area contributed by atoms with Gasteiger partial charge in [0, 0.05) is 0 Å². The predicted molar refractivity (Wildman–Crippen MR) is 108 cm³/mol. The van der Waals surface area contributed by atoms with Crippen LogP contribution in [0, 0.1) is 5.92 Å². The van der Waals surface area contributed by atoms with Crippen molar-refractivity contribution in [3.05, 3.63) is 0 Å². The van der Waals surface area contributed by atoms with E-state index in [4.69, 9.17) is 0 Å². The average molecular weight is 325 g/mol. The highest BCUT2D eigenvalue weighted by molar-refractivity contribution is 4.58. The molecule has 0 radical (unpaired) electrons. The van der Waals surface area contributed by atoms with Crippen LogP contribution in [-0.4, -0.2) is 0 Å². The van der Waals surface area contributed by atoms with E-state index in [2.05, 4.69) is 20.8 Å². The molecule has 0 spiro atoms. The van der Waals surface area contributed by atoms with Crippen LogP contribution < -0.4 is 0 Å². The first kappa shape index (κ1) is 23.0. The van der Waals surface area contributed by atoms with Crippen LogP contribution in [0.3, 0.4) is 0 Å². The van der Waals surface area contributed by atoms with Crippen molar-refractivity contribution in [1.29, 1.82) is 0 Å². The molecule has 0 saturated carbocycles. The van der Waals surface area contributed by atoms with Gasteiger partial charge in [-0.1, -0.05) is 143 Å². The molecule has 0 amide bonds. The number of hydrogen-bond donors (Lipinski definition) is 0. The van der Waals surface area contributed by atoms with E-state index in [1.165, 1.54) is 122 Å². The molecule has 0 heterocycles. The molecule has 1 atom stereocenters. The van der Waals surface area contributed by atoms with E-state index in [0.717, 1.165) is 5.92 Å². The summed E-state index contributed by atoms with van der Waals surface area (Å²) < 4.78 is 0. The fraction of sp³-hybridized carbons (Fsp3) is 1.00. The third kappa shape index (κ3) is 18.2. The standard InChI is InChI=1S/C23H48/c1-4-7-9-10-11-12-13-14-15-16-17-18-19-20-22-23(6-3)21-8-5-2/h23H,4-22H2,1-3H3. The lowest BCUT2D eigenvalue weighted by Gasteiger charge is -2.13. The molecule has 0 heteroatoms. The van der Waals surface area contributed by atoms with Crippen LogP contribution in [0.2, 0.25) is 0 Å². The maximum atomic E-state index is 2.38. The monoisotopic (exact) mass is 324 g/mol. The summed E-state index contributed by atoms with van der Waals surface area (Å²) in [6.07, 6.45) is 27.8. The molecule has 0 N–H and O–H groups in total.